The van der Waals surface area contributed by atoms with Gasteiger partial charge in [-0.2, -0.15) is 0 Å². The Morgan fingerprint density at radius 1 is 1.42 bits per heavy atom. The molecule has 0 saturated carbocycles. The minimum atomic E-state index is -0.227. The number of ether oxygens (including phenoxy) is 1. The minimum absolute atomic E-state index is 0.208. The minimum Gasteiger partial charge on any atom is -0.453 e. The molecule has 0 spiro atoms. The van der Waals surface area contributed by atoms with E-state index in [1.54, 1.807) is 4.90 Å². The van der Waals surface area contributed by atoms with Crippen molar-refractivity contribution in [3.8, 4) is 0 Å². The first-order valence-electron chi connectivity index (χ1n) is 7.38. The summed E-state index contributed by atoms with van der Waals surface area (Å²) in [6.45, 7) is 4.72. The molecule has 0 aromatic carbocycles. The number of unbranched alkanes of at least 4 members (excludes halogenated alkanes) is 1. The van der Waals surface area contributed by atoms with Crippen molar-refractivity contribution >= 4 is 6.09 Å². The first-order valence-corrected chi connectivity index (χ1v) is 7.38. The zero-order chi connectivity index (χ0) is 14.1. The van der Waals surface area contributed by atoms with E-state index in [0.29, 0.717) is 18.5 Å². The van der Waals surface area contributed by atoms with Crippen LogP contribution in [0.25, 0.3) is 0 Å². The van der Waals surface area contributed by atoms with Gasteiger partial charge in [-0.05, 0) is 31.7 Å². The van der Waals surface area contributed by atoms with Crippen LogP contribution < -0.4 is 5.32 Å². The predicted octanol–water partition coefficient (Wildman–Crippen LogP) is 1.61. The molecule has 2 N–H and O–H groups in total. The molecule has 1 aliphatic heterocycles. The zero-order valence-electron chi connectivity index (χ0n) is 12.2. The van der Waals surface area contributed by atoms with E-state index in [2.05, 4.69) is 12.2 Å². The summed E-state index contributed by atoms with van der Waals surface area (Å²) in [5.74, 6) is 0.555. The number of methoxy groups -OCH3 is 1. The Morgan fingerprint density at radius 2 is 2.21 bits per heavy atom. The van der Waals surface area contributed by atoms with Crippen molar-refractivity contribution in [3.05, 3.63) is 0 Å². The SMILES string of the molecule is CCCCC1CC(NCCCO)CN(C(=O)OC)C1. The molecule has 1 saturated heterocycles. The van der Waals surface area contributed by atoms with Crippen molar-refractivity contribution in [1.29, 1.82) is 0 Å². The monoisotopic (exact) mass is 272 g/mol. The van der Waals surface area contributed by atoms with Crippen LogP contribution in [0.2, 0.25) is 0 Å². The Hall–Kier alpha value is -0.810. The number of hydrogen-bond donors (Lipinski definition) is 2. The standard InChI is InChI=1S/C14H28N2O3/c1-3-4-6-12-9-13(15-7-5-8-17)11-16(10-12)14(18)19-2/h12-13,15,17H,3-11H2,1-2H3. The Balaban J connectivity index is 2.48. The van der Waals surface area contributed by atoms with Gasteiger partial charge >= 0.3 is 6.09 Å². The second-order valence-electron chi connectivity index (χ2n) is 5.35. The number of carbonyl (C=O) groups is 1. The van der Waals surface area contributed by atoms with Crippen LogP contribution in [-0.2, 0) is 4.74 Å². The number of likely N-dealkylation sites (tertiary alicyclic amines) is 1. The van der Waals surface area contributed by atoms with Crippen molar-refractivity contribution in [2.24, 2.45) is 5.92 Å². The van der Waals surface area contributed by atoms with Gasteiger partial charge in [-0.25, -0.2) is 4.79 Å². The number of aliphatic hydroxyl groups excluding tert-OH is 1. The van der Waals surface area contributed by atoms with Gasteiger partial charge in [-0.1, -0.05) is 19.8 Å². The lowest BCUT2D eigenvalue weighted by atomic mass is 9.90. The fourth-order valence-corrected chi connectivity index (χ4v) is 2.72. The van der Waals surface area contributed by atoms with Crippen LogP contribution in [0, 0.1) is 5.92 Å². The first-order chi connectivity index (χ1) is 9.21. The predicted molar refractivity (Wildman–Crippen MR) is 75.1 cm³/mol. The molecule has 1 heterocycles. The van der Waals surface area contributed by atoms with E-state index in [4.69, 9.17) is 9.84 Å². The van der Waals surface area contributed by atoms with Crippen LogP contribution in [0.5, 0.6) is 0 Å². The Bertz CT molecular complexity index is 261. The number of amides is 1. The lowest BCUT2D eigenvalue weighted by Crippen LogP contribution is -2.51. The number of nitrogens with zero attached hydrogens (tertiary/aromatic N) is 1. The summed E-state index contributed by atoms with van der Waals surface area (Å²) in [6, 6.07) is 0.321. The molecule has 0 aromatic heterocycles. The average Bonchev–Trinajstić information content (AvgIpc) is 2.44. The highest BCUT2D eigenvalue weighted by Crippen LogP contribution is 2.22. The van der Waals surface area contributed by atoms with E-state index >= 15 is 0 Å². The smallest absolute Gasteiger partial charge is 0.409 e. The molecule has 0 radical (unpaired) electrons. The third kappa shape index (κ3) is 5.78. The summed E-state index contributed by atoms with van der Waals surface area (Å²) >= 11 is 0. The van der Waals surface area contributed by atoms with E-state index in [9.17, 15) is 4.79 Å². The Kier molecular flexibility index (Phi) is 7.82. The van der Waals surface area contributed by atoms with Crippen molar-refractivity contribution in [3.63, 3.8) is 0 Å². The number of hydrogen-bond acceptors (Lipinski definition) is 4. The molecule has 1 fully saturated rings. The highest BCUT2D eigenvalue weighted by molar-refractivity contribution is 5.67. The highest BCUT2D eigenvalue weighted by Gasteiger charge is 2.29. The molecule has 5 nitrogen and oxygen atoms in total. The maximum absolute atomic E-state index is 11.7. The van der Waals surface area contributed by atoms with E-state index in [-0.39, 0.29) is 12.7 Å². The van der Waals surface area contributed by atoms with Gasteiger partial charge in [0.25, 0.3) is 0 Å². The van der Waals surface area contributed by atoms with Crippen LogP contribution in [0.3, 0.4) is 0 Å². The van der Waals surface area contributed by atoms with Gasteiger partial charge in [-0.3, -0.25) is 0 Å². The summed E-state index contributed by atoms with van der Waals surface area (Å²) in [6.07, 6.45) is 5.21. The van der Waals surface area contributed by atoms with Gasteiger partial charge < -0.3 is 20.1 Å². The normalized spacial score (nSPS) is 23.4. The largest absolute Gasteiger partial charge is 0.453 e. The van der Waals surface area contributed by atoms with Gasteiger partial charge in [0.15, 0.2) is 0 Å². The van der Waals surface area contributed by atoms with E-state index in [1.807, 2.05) is 0 Å². The van der Waals surface area contributed by atoms with Gasteiger partial charge in [0.2, 0.25) is 0 Å². The zero-order valence-corrected chi connectivity index (χ0v) is 12.2. The number of aliphatic hydroxyl groups is 1. The molecule has 1 amide bonds. The van der Waals surface area contributed by atoms with Crippen LogP contribution >= 0.6 is 0 Å². The molecule has 2 unspecified atom stereocenters. The summed E-state index contributed by atoms with van der Waals surface area (Å²) in [4.78, 5) is 13.5. The topological polar surface area (TPSA) is 61.8 Å². The van der Waals surface area contributed by atoms with Crippen molar-refractivity contribution in [2.75, 3.05) is 33.4 Å². The molecule has 112 valence electrons. The summed E-state index contributed by atoms with van der Waals surface area (Å²) in [5.41, 5.74) is 0. The fourth-order valence-electron chi connectivity index (χ4n) is 2.72. The summed E-state index contributed by atoms with van der Waals surface area (Å²) < 4.78 is 4.84. The molecule has 19 heavy (non-hydrogen) atoms. The second kappa shape index (κ2) is 9.15. The molecule has 1 rings (SSSR count). The molecule has 2 atom stereocenters. The number of piperidine rings is 1. The average molecular weight is 272 g/mol. The number of nitrogens with one attached hydrogen (secondary N) is 1. The maximum Gasteiger partial charge on any atom is 0.409 e. The van der Waals surface area contributed by atoms with Crippen molar-refractivity contribution < 1.29 is 14.6 Å². The van der Waals surface area contributed by atoms with Gasteiger partial charge in [0, 0.05) is 25.7 Å². The second-order valence-corrected chi connectivity index (χ2v) is 5.35. The number of carbonyl (C=O) groups excluding carboxylic acids is 1. The first kappa shape index (κ1) is 16.2. The van der Waals surface area contributed by atoms with E-state index in [0.717, 1.165) is 25.9 Å². The molecule has 0 bridgehead atoms. The third-order valence-corrected chi connectivity index (χ3v) is 3.70. The fraction of sp³-hybridized carbons (Fsp3) is 0.929. The van der Waals surface area contributed by atoms with Crippen LogP contribution in [-0.4, -0.2) is 55.5 Å². The summed E-state index contributed by atoms with van der Waals surface area (Å²) in [5, 5.41) is 12.2. The molecule has 5 heteroatoms. The molecule has 0 aromatic rings. The van der Waals surface area contributed by atoms with E-state index < -0.39 is 0 Å². The molecule has 0 aliphatic carbocycles. The molecular weight excluding hydrogens is 244 g/mol. The van der Waals surface area contributed by atoms with Crippen LogP contribution in [0.1, 0.15) is 39.0 Å². The van der Waals surface area contributed by atoms with Crippen molar-refractivity contribution in [2.45, 2.75) is 45.1 Å². The maximum atomic E-state index is 11.7. The third-order valence-electron chi connectivity index (χ3n) is 3.70. The summed E-state index contributed by atoms with van der Waals surface area (Å²) in [7, 11) is 1.44. The number of rotatable bonds is 7. The Labute approximate surface area is 116 Å². The van der Waals surface area contributed by atoms with Gasteiger partial charge in [0.05, 0.1) is 7.11 Å². The molecular formula is C14H28N2O3. The van der Waals surface area contributed by atoms with Gasteiger partial charge in [0.1, 0.15) is 0 Å². The van der Waals surface area contributed by atoms with Gasteiger partial charge in [-0.15, -0.1) is 0 Å². The Morgan fingerprint density at radius 3 is 2.84 bits per heavy atom. The molecule has 1 aliphatic rings. The highest BCUT2D eigenvalue weighted by atomic mass is 16.5. The lowest BCUT2D eigenvalue weighted by Gasteiger charge is -2.37. The van der Waals surface area contributed by atoms with E-state index in [1.165, 1.54) is 26.4 Å². The lowest BCUT2D eigenvalue weighted by molar-refractivity contribution is 0.0884. The quantitative estimate of drug-likeness (QED) is 0.691. The van der Waals surface area contributed by atoms with Crippen molar-refractivity contribution in [1.82, 2.24) is 10.2 Å². The van der Waals surface area contributed by atoms with Crippen LogP contribution in [0.15, 0.2) is 0 Å². The van der Waals surface area contributed by atoms with Crippen LogP contribution in [0.4, 0.5) is 4.79 Å².